The van der Waals surface area contributed by atoms with Crippen LogP contribution in [0.2, 0.25) is 0 Å². The van der Waals surface area contributed by atoms with Gasteiger partial charge in [0.05, 0.1) is 17.9 Å². The molecule has 1 heterocycles. The van der Waals surface area contributed by atoms with Crippen LogP contribution in [0.25, 0.3) is 11.3 Å². The smallest absolute Gasteiger partial charge is 0.392 e. The van der Waals surface area contributed by atoms with Gasteiger partial charge in [0.25, 0.3) is 0 Å². The summed E-state index contributed by atoms with van der Waals surface area (Å²) in [6, 6.07) is 3.76. The minimum absolute atomic E-state index is 0.430. The van der Waals surface area contributed by atoms with Gasteiger partial charge in [0, 0.05) is 17.3 Å². The molecule has 0 saturated heterocycles. The number of aliphatic hydroxyl groups is 1. The summed E-state index contributed by atoms with van der Waals surface area (Å²) in [6.45, 7) is -0.992. The van der Waals surface area contributed by atoms with Crippen LogP contribution in [-0.2, 0) is 12.8 Å². The first-order valence-corrected chi connectivity index (χ1v) is 5.46. The molecule has 0 radical (unpaired) electrons. The summed E-state index contributed by atoms with van der Waals surface area (Å²) in [5.74, 6) is -2.51. The van der Waals surface area contributed by atoms with Gasteiger partial charge in [0.15, 0.2) is 11.6 Å². The molecule has 1 aromatic heterocycles. The van der Waals surface area contributed by atoms with E-state index in [-0.39, 0.29) is 0 Å². The first kappa shape index (κ1) is 14.4. The number of hydrogen-bond donors (Lipinski definition) is 1. The second-order valence-electron chi connectivity index (χ2n) is 3.94. The maximum Gasteiger partial charge on any atom is 0.416 e. The van der Waals surface area contributed by atoms with Crippen LogP contribution in [0, 0.1) is 11.6 Å². The van der Waals surface area contributed by atoms with Crippen molar-refractivity contribution in [1.82, 2.24) is 4.98 Å². The molecule has 0 aliphatic heterocycles. The third-order valence-electron chi connectivity index (χ3n) is 2.73. The fourth-order valence-electron chi connectivity index (χ4n) is 1.84. The number of pyridine rings is 1. The van der Waals surface area contributed by atoms with Crippen LogP contribution in [0.3, 0.4) is 0 Å². The number of rotatable bonds is 2. The SMILES string of the molecule is OCc1c(C(F)(F)F)ccnc1-c1cccc(F)c1F. The molecule has 106 valence electrons. The average molecular weight is 289 g/mol. The van der Waals surface area contributed by atoms with Crippen LogP contribution < -0.4 is 0 Å². The Kier molecular flexibility index (Phi) is 3.71. The van der Waals surface area contributed by atoms with E-state index in [0.29, 0.717) is 6.07 Å². The zero-order chi connectivity index (χ0) is 14.9. The molecule has 0 atom stereocenters. The normalized spacial score (nSPS) is 11.7. The molecule has 0 fully saturated rings. The fourth-order valence-corrected chi connectivity index (χ4v) is 1.84. The third-order valence-corrected chi connectivity index (χ3v) is 2.73. The molecule has 2 rings (SSSR count). The lowest BCUT2D eigenvalue weighted by Gasteiger charge is -2.15. The Morgan fingerprint density at radius 3 is 2.40 bits per heavy atom. The average Bonchev–Trinajstić information content (AvgIpc) is 2.40. The lowest BCUT2D eigenvalue weighted by Crippen LogP contribution is -2.11. The maximum absolute atomic E-state index is 13.7. The van der Waals surface area contributed by atoms with Gasteiger partial charge >= 0.3 is 6.18 Å². The highest BCUT2D eigenvalue weighted by Crippen LogP contribution is 2.36. The minimum Gasteiger partial charge on any atom is -0.392 e. The number of aliphatic hydroxyl groups excluding tert-OH is 1. The molecule has 1 aromatic carbocycles. The molecule has 0 spiro atoms. The fraction of sp³-hybridized carbons (Fsp3) is 0.154. The lowest BCUT2D eigenvalue weighted by atomic mass is 10.0. The molecule has 7 heteroatoms. The second-order valence-corrected chi connectivity index (χ2v) is 3.94. The van der Waals surface area contributed by atoms with Gasteiger partial charge < -0.3 is 5.11 Å². The Bertz CT molecular complexity index is 639. The van der Waals surface area contributed by atoms with E-state index in [9.17, 15) is 22.0 Å². The molecule has 0 bridgehead atoms. The van der Waals surface area contributed by atoms with Gasteiger partial charge in [0.2, 0.25) is 0 Å². The molecule has 0 amide bonds. The molecule has 0 saturated carbocycles. The molecule has 0 aliphatic rings. The molecule has 2 aromatic rings. The zero-order valence-electron chi connectivity index (χ0n) is 9.88. The lowest BCUT2D eigenvalue weighted by molar-refractivity contribution is -0.138. The van der Waals surface area contributed by atoms with Gasteiger partial charge in [-0.25, -0.2) is 8.78 Å². The van der Waals surface area contributed by atoms with Crippen LogP contribution >= 0.6 is 0 Å². The Morgan fingerprint density at radius 1 is 1.10 bits per heavy atom. The predicted octanol–water partition coefficient (Wildman–Crippen LogP) is 3.54. The van der Waals surface area contributed by atoms with Crippen LogP contribution in [0.15, 0.2) is 30.5 Å². The molecule has 0 aliphatic carbocycles. The molecule has 20 heavy (non-hydrogen) atoms. The van der Waals surface area contributed by atoms with Gasteiger partial charge in [-0.1, -0.05) is 6.07 Å². The number of halogens is 5. The number of benzene rings is 1. The van der Waals surface area contributed by atoms with Gasteiger partial charge in [-0.05, 0) is 18.2 Å². The highest BCUT2D eigenvalue weighted by Gasteiger charge is 2.35. The molecular weight excluding hydrogens is 281 g/mol. The highest BCUT2D eigenvalue weighted by molar-refractivity contribution is 5.65. The quantitative estimate of drug-likeness (QED) is 0.858. The Balaban J connectivity index is 2.72. The zero-order valence-corrected chi connectivity index (χ0v) is 9.88. The first-order chi connectivity index (χ1) is 9.36. The minimum atomic E-state index is -4.72. The van der Waals surface area contributed by atoms with Gasteiger partial charge in [-0.2, -0.15) is 13.2 Å². The number of hydrogen-bond acceptors (Lipinski definition) is 2. The number of aromatic nitrogens is 1. The van der Waals surface area contributed by atoms with Crippen molar-refractivity contribution >= 4 is 0 Å². The maximum atomic E-state index is 13.7. The van der Waals surface area contributed by atoms with E-state index < -0.39 is 46.8 Å². The van der Waals surface area contributed by atoms with E-state index in [4.69, 9.17) is 5.11 Å². The van der Waals surface area contributed by atoms with Crippen molar-refractivity contribution in [3.63, 3.8) is 0 Å². The van der Waals surface area contributed by atoms with Crippen molar-refractivity contribution in [3.05, 3.63) is 53.2 Å². The Hall–Kier alpha value is -2.02. The Morgan fingerprint density at radius 2 is 1.80 bits per heavy atom. The Labute approximate surface area is 110 Å². The molecule has 2 nitrogen and oxygen atoms in total. The van der Waals surface area contributed by atoms with Gasteiger partial charge in [0.1, 0.15) is 0 Å². The molecular formula is C13H8F5NO. The summed E-state index contributed by atoms with van der Waals surface area (Å²) >= 11 is 0. The second kappa shape index (κ2) is 5.16. The van der Waals surface area contributed by atoms with Crippen LogP contribution in [0.4, 0.5) is 22.0 Å². The predicted molar refractivity (Wildman–Crippen MR) is 60.5 cm³/mol. The summed E-state index contributed by atoms with van der Waals surface area (Å²) in [5, 5.41) is 9.13. The third kappa shape index (κ3) is 2.49. The van der Waals surface area contributed by atoms with Crippen LogP contribution in [0.5, 0.6) is 0 Å². The van der Waals surface area contributed by atoms with Gasteiger partial charge in [-0.15, -0.1) is 0 Å². The summed E-state index contributed by atoms with van der Waals surface area (Å²) in [7, 11) is 0. The van der Waals surface area contributed by atoms with Crippen molar-refractivity contribution in [2.45, 2.75) is 12.8 Å². The summed E-state index contributed by atoms with van der Waals surface area (Å²) in [4.78, 5) is 3.63. The van der Waals surface area contributed by atoms with E-state index >= 15 is 0 Å². The van der Waals surface area contributed by atoms with E-state index in [2.05, 4.69) is 4.98 Å². The number of nitrogens with zero attached hydrogens (tertiary/aromatic N) is 1. The summed E-state index contributed by atoms with van der Waals surface area (Å²) in [5.41, 5.74) is -2.59. The van der Waals surface area contributed by atoms with Crippen molar-refractivity contribution < 1.29 is 27.1 Å². The summed E-state index contributed by atoms with van der Waals surface area (Å²) in [6.07, 6.45) is -3.89. The molecule has 0 unspecified atom stereocenters. The number of alkyl halides is 3. The largest absolute Gasteiger partial charge is 0.416 e. The van der Waals surface area contributed by atoms with E-state index in [1.165, 1.54) is 0 Å². The molecule has 1 N–H and O–H groups in total. The monoisotopic (exact) mass is 289 g/mol. The van der Waals surface area contributed by atoms with Crippen molar-refractivity contribution in [1.29, 1.82) is 0 Å². The van der Waals surface area contributed by atoms with Crippen LogP contribution in [-0.4, -0.2) is 10.1 Å². The topological polar surface area (TPSA) is 33.1 Å². The van der Waals surface area contributed by atoms with Crippen molar-refractivity contribution in [3.8, 4) is 11.3 Å². The summed E-state index contributed by atoms with van der Waals surface area (Å²) < 4.78 is 65.2. The van der Waals surface area contributed by atoms with E-state index in [1.54, 1.807) is 0 Å². The van der Waals surface area contributed by atoms with E-state index in [1.807, 2.05) is 0 Å². The van der Waals surface area contributed by atoms with Crippen molar-refractivity contribution in [2.24, 2.45) is 0 Å². The van der Waals surface area contributed by atoms with E-state index in [0.717, 1.165) is 24.4 Å². The standard InChI is InChI=1S/C13H8F5NO/c14-10-3-1-2-7(11(10)15)12-8(6-20)9(4-5-19-12)13(16,17)18/h1-5,20H,6H2. The highest BCUT2D eigenvalue weighted by atomic mass is 19.4. The first-order valence-electron chi connectivity index (χ1n) is 5.46. The van der Waals surface area contributed by atoms with Crippen LogP contribution in [0.1, 0.15) is 11.1 Å². The van der Waals surface area contributed by atoms with Gasteiger partial charge in [-0.3, -0.25) is 4.98 Å². The van der Waals surface area contributed by atoms with Crippen molar-refractivity contribution in [2.75, 3.05) is 0 Å².